The molecule has 8 rings (SSSR count). The minimum absolute atomic E-state index is 0.0581. The molecule has 2 aromatic carbocycles. The lowest BCUT2D eigenvalue weighted by Crippen LogP contribution is -2.38. The maximum absolute atomic E-state index is 12.4. The smallest absolute Gasteiger partial charge is 0.338 e. The second kappa shape index (κ2) is 11.5. The first-order valence-electron chi connectivity index (χ1n) is 15.0. The number of esters is 1. The Labute approximate surface area is 268 Å². The largest absolute Gasteiger partial charge is 0.486 e. The Bertz CT molecular complexity index is 1710. The fourth-order valence-corrected chi connectivity index (χ4v) is 8.48. The molecule has 4 fully saturated rings. The number of nitrogens with zero attached hydrogens (tertiary/aromatic N) is 3. The number of piperidine rings is 1. The van der Waals surface area contributed by atoms with E-state index in [4.69, 9.17) is 51.7 Å². The molecule has 2 aliphatic heterocycles. The van der Waals surface area contributed by atoms with Gasteiger partial charge in [-0.2, -0.15) is 0 Å². The van der Waals surface area contributed by atoms with Crippen LogP contribution in [0.3, 0.4) is 0 Å². The molecule has 2 aliphatic carbocycles. The van der Waals surface area contributed by atoms with Crippen molar-refractivity contribution < 1.29 is 28.3 Å². The van der Waals surface area contributed by atoms with E-state index in [2.05, 4.69) is 10.1 Å². The van der Waals surface area contributed by atoms with Crippen LogP contribution in [0.5, 0.6) is 5.75 Å². The van der Waals surface area contributed by atoms with Gasteiger partial charge in [-0.15, -0.1) is 0 Å². The number of carbonyl (C=O) groups excluding carboxylic acids is 1. The highest BCUT2D eigenvalue weighted by Crippen LogP contribution is 2.48. The number of fused-ring (bicyclic) bond motifs is 3. The van der Waals surface area contributed by atoms with Crippen molar-refractivity contribution in [3.63, 3.8) is 0 Å². The van der Waals surface area contributed by atoms with Crippen molar-refractivity contribution in [2.24, 2.45) is 5.92 Å². The number of carbonyl (C=O) groups is 1. The van der Waals surface area contributed by atoms with Gasteiger partial charge in [-0.25, -0.2) is 9.78 Å². The molecule has 0 spiro atoms. The Kier molecular flexibility index (Phi) is 7.45. The highest BCUT2D eigenvalue weighted by Gasteiger charge is 2.47. The molecule has 2 saturated carbocycles. The molecule has 0 radical (unpaired) electrons. The Balaban J connectivity index is 1.01. The van der Waals surface area contributed by atoms with Gasteiger partial charge in [-0.1, -0.05) is 45.8 Å². The van der Waals surface area contributed by atoms with Gasteiger partial charge in [-0.05, 0) is 49.9 Å². The van der Waals surface area contributed by atoms with Crippen molar-refractivity contribution in [1.29, 1.82) is 0 Å². The lowest BCUT2D eigenvalue weighted by Gasteiger charge is -2.31. The summed E-state index contributed by atoms with van der Waals surface area (Å²) in [7, 11) is 1.39. The van der Waals surface area contributed by atoms with Crippen molar-refractivity contribution in [1.82, 2.24) is 10.1 Å². The quantitative estimate of drug-likeness (QED) is 0.172. The first-order valence-corrected chi connectivity index (χ1v) is 16.6. The second-order valence-corrected chi connectivity index (χ2v) is 13.9. The van der Waals surface area contributed by atoms with E-state index in [9.17, 15) is 4.79 Å². The standard InChI is InChI=1S/C32H31Cl2N3O6S/c1-39-31(38)17-10-25(42-20-7-8-40-14-20)29-26(11-17)44-32(35-29)37-13-18-9-19(37)12-24(18)41-15-21-28(36-43-30(21)16-5-6-16)27-22(33)3-2-4-23(27)34/h2-4,10-11,16,18-20,24H,5-9,12-15H2,1H3/t18-,19-,20+,24-/m0/s1. The van der Waals surface area contributed by atoms with Gasteiger partial charge >= 0.3 is 5.97 Å². The molecule has 4 aromatic rings. The highest BCUT2D eigenvalue weighted by molar-refractivity contribution is 7.22. The SMILES string of the molecule is COC(=O)c1cc(O[C@@H]2CCOC2)c2nc(N3C[C@@H]4C[C@H]3C[C@@H]4OCc3c(-c4c(Cl)cccc4Cl)noc3C3CC3)sc2c1. The molecule has 4 atom stereocenters. The van der Waals surface area contributed by atoms with Crippen LogP contribution in [0, 0.1) is 5.92 Å². The van der Waals surface area contributed by atoms with E-state index in [1.807, 2.05) is 24.3 Å². The average Bonchev–Trinajstić information content (AvgIpc) is 3.51. The van der Waals surface area contributed by atoms with Crippen LogP contribution in [0.15, 0.2) is 34.9 Å². The molecule has 2 saturated heterocycles. The summed E-state index contributed by atoms with van der Waals surface area (Å²) in [6.07, 6.45) is 4.99. The third-order valence-electron chi connectivity index (χ3n) is 9.18. The molecular weight excluding hydrogens is 625 g/mol. The fraction of sp³-hybridized carbons (Fsp3) is 0.469. The van der Waals surface area contributed by atoms with Crippen LogP contribution in [0.2, 0.25) is 10.0 Å². The normalized spacial score (nSPS) is 24.5. The topological polar surface area (TPSA) is 96.2 Å². The molecule has 44 heavy (non-hydrogen) atoms. The lowest BCUT2D eigenvalue weighted by atomic mass is 10.0. The molecule has 0 amide bonds. The molecule has 9 nitrogen and oxygen atoms in total. The molecular formula is C32H31Cl2N3O6S. The van der Waals surface area contributed by atoms with Gasteiger partial charge in [0.25, 0.3) is 0 Å². The van der Waals surface area contributed by atoms with E-state index >= 15 is 0 Å². The van der Waals surface area contributed by atoms with Gasteiger partial charge in [0.2, 0.25) is 0 Å². The molecule has 4 aliphatic rings. The zero-order valence-corrected chi connectivity index (χ0v) is 26.4. The van der Waals surface area contributed by atoms with Crippen LogP contribution in [-0.2, 0) is 20.8 Å². The van der Waals surface area contributed by atoms with Crippen molar-refractivity contribution in [2.45, 2.75) is 62.9 Å². The minimum Gasteiger partial charge on any atom is -0.486 e. The third-order valence-corrected chi connectivity index (χ3v) is 10.9. The summed E-state index contributed by atoms with van der Waals surface area (Å²) in [4.78, 5) is 19.8. The summed E-state index contributed by atoms with van der Waals surface area (Å²) >= 11 is 14.7. The van der Waals surface area contributed by atoms with Crippen molar-refractivity contribution in [3.8, 4) is 17.0 Å². The summed E-state index contributed by atoms with van der Waals surface area (Å²) in [6, 6.07) is 9.37. The Morgan fingerprint density at radius 2 is 2.00 bits per heavy atom. The predicted octanol–water partition coefficient (Wildman–Crippen LogP) is 7.27. The summed E-state index contributed by atoms with van der Waals surface area (Å²) in [6.45, 7) is 2.46. The van der Waals surface area contributed by atoms with Gasteiger partial charge in [0.05, 0.1) is 53.3 Å². The lowest BCUT2D eigenvalue weighted by molar-refractivity contribution is 0.0122. The maximum atomic E-state index is 12.4. The number of benzene rings is 2. The van der Waals surface area contributed by atoms with Crippen molar-refractivity contribution in [3.05, 3.63) is 57.3 Å². The summed E-state index contributed by atoms with van der Waals surface area (Å²) in [5.41, 5.74) is 3.55. The number of aromatic nitrogens is 2. The van der Waals surface area contributed by atoms with Crippen molar-refractivity contribution in [2.75, 3.05) is 31.8 Å². The Morgan fingerprint density at radius 3 is 2.70 bits per heavy atom. The van der Waals surface area contributed by atoms with Crippen LogP contribution in [0.4, 0.5) is 5.13 Å². The molecule has 4 heterocycles. The van der Waals surface area contributed by atoms with E-state index in [0.717, 1.165) is 65.3 Å². The van der Waals surface area contributed by atoms with Gasteiger partial charge in [0.1, 0.15) is 28.8 Å². The second-order valence-electron chi connectivity index (χ2n) is 12.0. The number of anilines is 1. The maximum Gasteiger partial charge on any atom is 0.338 e. The molecule has 0 N–H and O–H groups in total. The fourth-order valence-electron chi connectivity index (χ4n) is 6.80. The number of halogens is 2. The summed E-state index contributed by atoms with van der Waals surface area (Å²) in [5, 5.41) is 6.44. The van der Waals surface area contributed by atoms with Gasteiger partial charge in [-0.3, -0.25) is 0 Å². The zero-order valence-electron chi connectivity index (χ0n) is 24.1. The zero-order chi connectivity index (χ0) is 29.9. The Morgan fingerprint density at radius 1 is 1.16 bits per heavy atom. The number of ether oxygens (including phenoxy) is 4. The van der Waals surface area contributed by atoms with E-state index in [1.54, 1.807) is 17.4 Å². The van der Waals surface area contributed by atoms with E-state index in [1.165, 1.54) is 7.11 Å². The number of rotatable bonds is 9. The first kappa shape index (κ1) is 28.6. The van der Waals surface area contributed by atoms with Crippen LogP contribution in [0.25, 0.3) is 21.5 Å². The summed E-state index contributed by atoms with van der Waals surface area (Å²) in [5.74, 6) is 1.85. The third kappa shape index (κ3) is 5.14. The van der Waals surface area contributed by atoms with E-state index in [-0.39, 0.29) is 12.2 Å². The average molecular weight is 657 g/mol. The summed E-state index contributed by atoms with van der Waals surface area (Å²) < 4.78 is 30.1. The van der Waals surface area contributed by atoms with Crippen LogP contribution in [0.1, 0.15) is 59.7 Å². The Hall–Kier alpha value is -2.89. The van der Waals surface area contributed by atoms with Crippen molar-refractivity contribution >= 4 is 55.9 Å². The number of hydrogen-bond donors (Lipinski definition) is 0. The molecule has 230 valence electrons. The highest BCUT2D eigenvalue weighted by atomic mass is 35.5. The predicted molar refractivity (Wildman–Crippen MR) is 167 cm³/mol. The van der Waals surface area contributed by atoms with Crippen LogP contribution < -0.4 is 9.64 Å². The van der Waals surface area contributed by atoms with E-state index < -0.39 is 5.97 Å². The monoisotopic (exact) mass is 655 g/mol. The number of thiazole rings is 1. The first-order chi connectivity index (χ1) is 21.5. The molecule has 0 unspecified atom stereocenters. The van der Waals surface area contributed by atoms with Gasteiger partial charge < -0.3 is 28.4 Å². The van der Waals surface area contributed by atoms with Crippen LogP contribution >= 0.6 is 34.5 Å². The molecule has 2 aromatic heterocycles. The number of hydrogen-bond acceptors (Lipinski definition) is 10. The van der Waals surface area contributed by atoms with E-state index in [0.29, 0.717) is 70.3 Å². The molecule has 12 heteroatoms. The van der Waals surface area contributed by atoms with Gasteiger partial charge in [0, 0.05) is 42.0 Å². The van der Waals surface area contributed by atoms with Crippen LogP contribution in [-0.4, -0.2) is 61.2 Å². The molecule has 2 bridgehead atoms. The number of methoxy groups -OCH3 is 1. The minimum atomic E-state index is -0.396. The van der Waals surface area contributed by atoms with Gasteiger partial charge in [0.15, 0.2) is 5.13 Å².